The third kappa shape index (κ3) is 3.56. The van der Waals surface area contributed by atoms with Gasteiger partial charge in [-0.3, -0.25) is 0 Å². The Balaban J connectivity index is 1.97. The van der Waals surface area contributed by atoms with Crippen LogP contribution < -0.4 is 4.74 Å². The van der Waals surface area contributed by atoms with Gasteiger partial charge in [-0.05, 0) is 17.7 Å². The molecule has 19 heavy (non-hydrogen) atoms. The molecule has 0 saturated heterocycles. The second-order valence-electron chi connectivity index (χ2n) is 3.85. The van der Waals surface area contributed by atoms with E-state index in [0.29, 0.717) is 18.1 Å². The van der Waals surface area contributed by atoms with Crippen molar-refractivity contribution in [3.63, 3.8) is 0 Å². The Bertz CT molecular complexity index is 564. The third-order valence-corrected chi connectivity index (χ3v) is 2.37. The topological polar surface area (TPSA) is 81.8 Å². The molecule has 0 bridgehead atoms. The number of hydrogen-bond acceptors (Lipinski definition) is 5. The number of ether oxygens (including phenoxy) is 2. The zero-order valence-corrected chi connectivity index (χ0v) is 10.3. The molecule has 100 valence electrons. The average molecular weight is 263 g/mol. The number of rotatable bonds is 6. The van der Waals surface area contributed by atoms with E-state index >= 15 is 0 Å². The summed E-state index contributed by atoms with van der Waals surface area (Å²) < 4.78 is 15.4. The van der Waals surface area contributed by atoms with Crippen molar-refractivity contribution in [1.29, 1.82) is 0 Å². The molecule has 6 nitrogen and oxygen atoms in total. The van der Waals surface area contributed by atoms with Gasteiger partial charge in [0.05, 0.1) is 6.61 Å². The summed E-state index contributed by atoms with van der Waals surface area (Å²) >= 11 is 0. The number of aromatic nitrogens is 1. The molecule has 0 fully saturated rings. The van der Waals surface area contributed by atoms with E-state index in [0.717, 1.165) is 5.56 Å². The van der Waals surface area contributed by atoms with Crippen molar-refractivity contribution < 1.29 is 23.9 Å². The first-order valence-corrected chi connectivity index (χ1v) is 5.58. The van der Waals surface area contributed by atoms with E-state index in [1.54, 1.807) is 13.2 Å². The van der Waals surface area contributed by atoms with Gasteiger partial charge >= 0.3 is 5.97 Å². The first-order chi connectivity index (χ1) is 9.19. The highest BCUT2D eigenvalue weighted by Gasteiger charge is 2.10. The molecule has 1 heterocycles. The molecule has 6 heteroatoms. The predicted molar refractivity (Wildman–Crippen MR) is 64.9 cm³/mol. The minimum atomic E-state index is -1.13. The zero-order valence-electron chi connectivity index (χ0n) is 10.3. The maximum atomic E-state index is 10.6. The summed E-state index contributed by atoms with van der Waals surface area (Å²) in [4.78, 5) is 10.6. The van der Waals surface area contributed by atoms with Gasteiger partial charge in [-0.2, -0.15) is 0 Å². The Kier molecular flexibility index (Phi) is 4.15. The van der Waals surface area contributed by atoms with Gasteiger partial charge in [-0.15, -0.1) is 0 Å². The second-order valence-corrected chi connectivity index (χ2v) is 3.85. The van der Waals surface area contributed by atoms with E-state index in [4.69, 9.17) is 19.1 Å². The van der Waals surface area contributed by atoms with Crippen LogP contribution >= 0.6 is 0 Å². The Morgan fingerprint density at radius 1 is 1.37 bits per heavy atom. The molecule has 2 aromatic rings. The Labute approximate surface area is 109 Å². The third-order valence-electron chi connectivity index (χ3n) is 2.37. The Hall–Kier alpha value is -2.34. The minimum absolute atomic E-state index is 0.122. The largest absolute Gasteiger partial charge is 0.486 e. The van der Waals surface area contributed by atoms with E-state index in [1.165, 1.54) is 6.07 Å². The molecular weight excluding hydrogens is 250 g/mol. The van der Waals surface area contributed by atoms with Gasteiger partial charge in [-0.25, -0.2) is 4.79 Å². The van der Waals surface area contributed by atoms with Gasteiger partial charge in [0.15, 0.2) is 11.5 Å². The highest BCUT2D eigenvalue weighted by Crippen LogP contribution is 2.16. The maximum absolute atomic E-state index is 10.6. The molecular formula is C13H13NO5. The summed E-state index contributed by atoms with van der Waals surface area (Å²) in [5.74, 6) is -0.116. The van der Waals surface area contributed by atoms with Gasteiger partial charge in [0.2, 0.25) is 0 Å². The lowest BCUT2D eigenvalue weighted by atomic mass is 10.2. The van der Waals surface area contributed by atoms with Crippen molar-refractivity contribution in [2.45, 2.75) is 13.2 Å². The van der Waals surface area contributed by atoms with Crippen LogP contribution in [0.3, 0.4) is 0 Å². The molecule has 0 unspecified atom stereocenters. The standard InChI is InChI=1S/C13H13NO5/c1-17-7-9-3-2-4-10(5-9)18-8-11-6-12(13(15)16)14-19-11/h2-6H,7-8H2,1H3,(H,15,16). The molecule has 0 aliphatic carbocycles. The summed E-state index contributed by atoms with van der Waals surface area (Å²) in [7, 11) is 1.62. The summed E-state index contributed by atoms with van der Waals surface area (Å²) in [5.41, 5.74) is 0.857. The lowest BCUT2D eigenvalue weighted by Gasteiger charge is -2.05. The smallest absolute Gasteiger partial charge is 0.358 e. The van der Waals surface area contributed by atoms with Crippen molar-refractivity contribution in [3.8, 4) is 5.75 Å². The van der Waals surface area contributed by atoms with Crippen molar-refractivity contribution in [1.82, 2.24) is 5.16 Å². The van der Waals surface area contributed by atoms with Crippen LogP contribution in [0.15, 0.2) is 34.9 Å². The Morgan fingerprint density at radius 3 is 2.89 bits per heavy atom. The van der Waals surface area contributed by atoms with Crippen molar-refractivity contribution in [3.05, 3.63) is 47.3 Å². The van der Waals surface area contributed by atoms with Crippen LogP contribution in [0.2, 0.25) is 0 Å². The van der Waals surface area contributed by atoms with Crippen molar-refractivity contribution >= 4 is 5.97 Å². The van der Waals surface area contributed by atoms with Gasteiger partial charge in [0.1, 0.15) is 12.4 Å². The molecule has 0 aliphatic rings. The quantitative estimate of drug-likeness (QED) is 0.859. The number of nitrogens with zero attached hydrogens (tertiary/aromatic N) is 1. The van der Waals surface area contributed by atoms with E-state index in [-0.39, 0.29) is 12.3 Å². The number of aromatic carboxylic acids is 1. The van der Waals surface area contributed by atoms with Crippen LogP contribution in [0.1, 0.15) is 21.8 Å². The van der Waals surface area contributed by atoms with E-state index in [2.05, 4.69) is 5.16 Å². The van der Waals surface area contributed by atoms with Gasteiger partial charge in [-0.1, -0.05) is 17.3 Å². The summed E-state index contributed by atoms with van der Waals surface area (Å²) in [5, 5.41) is 12.1. The number of hydrogen-bond donors (Lipinski definition) is 1. The predicted octanol–water partition coefficient (Wildman–Crippen LogP) is 2.10. The molecule has 0 aliphatic heterocycles. The summed E-state index contributed by atoms with van der Waals surface area (Å²) in [6, 6.07) is 8.76. The molecule has 0 radical (unpaired) electrons. The van der Waals surface area contributed by atoms with E-state index in [1.807, 2.05) is 18.2 Å². The fourth-order valence-electron chi connectivity index (χ4n) is 1.53. The minimum Gasteiger partial charge on any atom is -0.486 e. The van der Waals surface area contributed by atoms with Gasteiger partial charge in [0.25, 0.3) is 0 Å². The highest BCUT2D eigenvalue weighted by atomic mass is 16.5. The molecule has 0 atom stereocenters. The van der Waals surface area contributed by atoms with Gasteiger partial charge in [0, 0.05) is 13.2 Å². The Morgan fingerprint density at radius 2 is 2.21 bits per heavy atom. The maximum Gasteiger partial charge on any atom is 0.358 e. The van der Waals surface area contributed by atoms with E-state index < -0.39 is 5.97 Å². The number of carbonyl (C=O) groups is 1. The van der Waals surface area contributed by atoms with E-state index in [9.17, 15) is 4.79 Å². The molecule has 0 saturated carbocycles. The number of carboxylic acids is 1. The van der Waals surface area contributed by atoms with Crippen LogP contribution in [-0.2, 0) is 18.0 Å². The fourth-order valence-corrected chi connectivity index (χ4v) is 1.53. The van der Waals surface area contributed by atoms with Crippen LogP contribution in [0.5, 0.6) is 5.75 Å². The number of carboxylic acid groups (broad SMARTS) is 1. The molecule has 2 rings (SSSR count). The second kappa shape index (κ2) is 6.01. The van der Waals surface area contributed by atoms with Gasteiger partial charge < -0.3 is 19.1 Å². The van der Waals surface area contributed by atoms with Crippen LogP contribution in [0.4, 0.5) is 0 Å². The molecule has 1 N–H and O–H groups in total. The number of methoxy groups -OCH3 is 1. The monoisotopic (exact) mass is 263 g/mol. The summed E-state index contributed by atoms with van der Waals surface area (Å²) in [6.07, 6.45) is 0. The molecule has 1 aromatic carbocycles. The highest BCUT2D eigenvalue weighted by molar-refractivity contribution is 5.85. The first kappa shape index (κ1) is 13.1. The zero-order chi connectivity index (χ0) is 13.7. The molecule has 0 spiro atoms. The average Bonchev–Trinajstić information content (AvgIpc) is 2.86. The van der Waals surface area contributed by atoms with Crippen LogP contribution in [0, 0.1) is 0 Å². The summed E-state index contributed by atoms with van der Waals surface area (Å²) in [6.45, 7) is 0.624. The lowest BCUT2D eigenvalue weighted by molar-refractivity contribution is 0.0685. The molecule has 1 aromatic heterocycles. The lowest BCUT2D eigenvalue weighted by Crippen LogP contribution is -1.96. The SMILES string of the molecule is COCc1cccc(OCc2cc(C(=O)O)no2)c1. The first-order valence-electron chi connectivity index (χ1n) is 5.58. The van der Waals surface area contributed by atoms with Crippen LogP contribution in [0.25, 0.3) is 0 Å². The molecule has 0 amide bonds. The normalized spacial score (nSPS) is 10.4. The van der Waals surface area contributed by atoms with Crippen molar-refractivity contribution in [2.75, 3.05) is 7.11 Å². The van der Waals surface area contributed by atoms with Crippen LogP contribution in [-0.4, -0.2) is 23.3 Å². The van der Waals surface area contributed by atoms with Crippen molar-refractivity contribution in [2.24, 2.45) is 0 Å². The number of benzene rings is 1. The fraction of sp³-hybridized carbons (Fsp3) is 0.231.